The number of carbonyl (C=O) groups excluding carboxylic acids is 4. The van der Waals surface area contributed by atoms with E-state index in [9.17, 15) is 49.8 Å². The lowest BCUT2D eigenvalue weighted by Gasteiger charge is -2.49. The predicted molar refractivity (Wildman–Crippen MR) is 332 cm³/mol. The van der Waals surface area contributed by atoms with Crippen molar-refractivity contribution < 1.29 is 97.2 Å². The Hall–Kier alpha value is -5.64. The zero-order chi connectivity index (χ0) is 67.6. The van der Waals surface area contributed by atoms with Crippen molar-refractivity contribution >= 4 is 24.0 Å². The molecular weight excluding hydrogens is 1200 g/mol. The van der Waals surface area contributed by atoms with E-state index in [1.165, 1.54) is 13.8 Å². The summed E-state index contributed by atoms with van der Waals surface area (Å²) in [7, 11) is 3.20. The lowest BCUT2D eigenvalue weighted by atomic mass is 9.79. The summed E-state index contributed by atoms with van der Waals surface area (Å²) in [5.74, 6) is -0.471. The fourth-order valence-electron chi connectivity index (χ4n) is 12.3. The number of carbonyl (C=O) groups is 4. The topological polar surface area (TPSA) is 406 Å². The van der Waals surface area contributed by atoms with Crippen molar-refractivity contribution in [2.24, 2.45) is 23.3 Å². The Morgan fingerprint density at radius 1 is 0.522 bits per heavy atom. The van der Waals surface area contributed by atoms with Gasteiger partial charge in [-0.2, -0.15) is 0 Å². The number of nitrogens with two attached hydrogens (primary N) is 2. The van der Waals surface area contributed by atoms with Crippen LogP contribution in [0.3, 0.4) is 0 Å². The summed E-state index contributed by atoms with van der Waals surface area (Å²) in [4.78, 5) is 51.8. The van der Waals surface area contributed by atoms with Gasteiger partial charge in [0.2, 0.25) is 12.6 Å². The van der Waals surface area contributed by atoms with Crippen LogP contribution < -0.4 is 43.4 Å². The highest BCUT2D eigenvalue weighted by molar-refractivity contribution is 5.95. The van der Waals surface area contributed by atoms with Crippen molar-refractivity contribution in [3.8, 4) is 0 Å². The molecule has 4 aliphatic heterocycles. The molecule has 6 aliphatic rings. The van der Waals surface area contributed by atoms with Gasteiger partial charge >= 0.3 is 12.2 Å². The lowest BCUT2D eigenvalue weighted by molar-refractivity contribution is -0.306. The maximum Gasteiger partial charge on any atom is 0.408 e. The molecular formula is C64H100N8O20. The maximum atomic E-state index is 13.2. The molecule has 28 heteroatoms. The molecule has 2 saturated carbocycles. The number of amides is 4. The number of benzene rings is 2. The average molecular weight is 1300 g/mol. The highest BCUT2D eigenvalue weighted by Crippen LogP contribution is 2.38. The first-order valence-corrected chi connectivity index (χ1v) is 31.5. The van der Waals surface area contributed by atoms with Crippen LogP contribution in [0.4, 0.5) is 9.59 Å². The van der Waals surface area contributed by atoms with E-state index in [1.54, 1.807) is 128 Å². The number of nitrogens with one attached hydrogen (secondary N) is 6. The van der Waals surface area contributed by atoms with Gasteiger partial charge in [0.1, 0.15) is 70.5 Å². The third kappa shape index (κ3) is 19.3. The van der Waals surface area contributed by atoms with E-state index in [1.807, 2.05) is 13.8 Å². The van der Waals surface area contributed by atoms with Crippen molar-refractivity contribution in [2.45, 2.75) is 228 Å². The summed E-state index contributed by atoms with van der Waals surface area (Å²) in [5.41, 5.74) is 8.32. The van der Waals surface area contributed by atoms with E-state index in [0.29, 0.717) is 48.3 Å². The van der Waals surface area contributed by atoms with Gasteiger partial charge in [0.05, 0.1) is 74.8 Å². The predicted octanol–water partition coefficient (Wildman–Crippen LogP) is 0.989. The Bertz CT molecular complexity index is 2600. The Labute approximate surface area is 538 Å². The van der Waals surface area contributed by atoms with E-state index in [-0.39, 0.29) is 50.0 Å². The minimum absolute atomic E-state index is 0.106. The average Bonchev–Trinajstić information content (AvgIpc) is 0.816. The van der Waals surface area contributed by atoms with E-state index < -0.39 is 145 Å². The molecule has 2 aromatic carbocycles. The molecule has 2 saturated heterocycles. The number of ether oxygens (including phenoxy) is 10. The molecule has 8 rings (SSSR count). The summed E-state index contributed by atoms with van der Waals surface area (Å²) < 4.78 is 59.7. The van der Waals surface area contributed by atoms with Crippen LogP contribution in [0.2, 0.25) is 0 Å². The molecule has 22 atom stereocenters. The van der Waals surface area contributed by atoms with Gasteiger partial charge in [-0.05, 0) is 143 Å². The van der Waals surface area contributed by atoms with E-state index in [2.05, 4.69) is 31.9 Å². The maximum absolute atomic E-state index is 13.2. The molecule has 4 heterocycles. The monoisotopic (exact) mass is 1300 g/mol. The molecule has 2 aromatic rings. The fraction of sp³-hybridized carbons (Fsp3) is 0.688. The molecule has 4 fully saturated rings. The molecule has 4 amide bonds. The van der Waals surface area contributed by atoms with Gasteiger partial charge in [-0.3, -0.25) is 9.59 Å². The number of hydrogen-bond donors (Lipinski definition) is 14. The largest absolute Gasteiger partial charge is 0.466 e. The molecule has 0 unspecified atom stereocenters. The zero-order valence-electron chi connectivity index (χ0n) is 54.7. The summed E-state index contributed by atoms with van der Waals surface area (Å²) in [6.07, 6.45) is -10.4. The fourth-order valence-corrected chi connectivity index (χ4v) is 12.3. The van der Waals surface area contributed by atoms with Crippen LogP contribution in [0.15, 0.2) is 84.3 Å². The SMILES string of the molecule is CN[C@@H]1[C@@H](O)[C@@H](O[C@@H]2[C@@H](O)[C@H](O[C@H]3OC(CN)=CC[C@H]3NC(=O)OC(C)(C)C)[C@@H](C)C[C@H]2NC(=O)c2ccccc2)OC[C@]1(C)O.CN[C@@H]1[C@@H](O)[C@@H](O[C@@H]2[C@@H](O)[C@H](O[C@H]3OC(CN)=CC[C@H]3NC(=O)OC(C)(C)C)[C@@H](C)C[C@H]2NC(=O)c2ccccc2)OC[C@]1(C)O. The van der Waals surface area contributed by atoms with Crippen molar-refractivity contribution in [1.29, 1.82) is 0 Å². The summed E-state index contributed by atoms with van der Waals surface area (Å²) in [5, 5.41) is 84.7. The van der Waals surface area contributed by atoms with Crippen LogP contribution >= 0.6 is 0 Å². The van der Waals surface area contributed by atoms with Gasteiger partial charge in [0, 0.05) is 11.1 Å². The molecule has 92 heavy (non-hydrogen) atoms. The third-order valence-corrected chi connectivity index (χ3v) is 16.9. The second-order valence-electron chi connectivity index (χ2n) is 27.0. The summed E-state index contributed by atoms with van der Waals surface area (Å²) in [6, 6.07) is 12.9. The normalized spacial score (nSPS) is 36.6. The number of aliphatic hydroxyl groups excluding tert-OH is 4. The number of rotatable bonds is 18. The second kappa shape index (κ2) is 31.7. The minimum Gasteiger partial charge on any atom is -0.466 e. The second-order valence-corrected chi connectivity index (χ2v) is 27.0. The van der Waals surface area contributed by atoms with Gasteiger partial charge in [-0.1, -0.05) is 50.2 Å². The smallest absolute Gasteiger partial charge is 0.408 e. The molecule has 0 aromatic heterocycles. The summed E-state index contributed by atoms with van der Waals surface area (Å²) >= 11 is 0. The van der Waals surface area contributed by atoms with Gasteiger partial charge in [0.15, 0.2) is 12.6 Å². The minimum atomic E-state index is -1.39. The molecule has 0 radical (unpaired) electrons. The number of hydrogen-bond acceptors (Lipinski definition) is 24. The first kappa shape index (κ1) is 73.8. The number of alkyl carbamates (subject to hydrolysis) is 2. The van der Waals surface area contributed by atoms with E-state index >= 15 is 0 Å². The van der Waals surface area contributed by atoms with Crippen molar-refractivity contribution in [3.63, 3.8) is 0 Å². The quantitative estimate of drug-likeness (QED) is 0.0989. The van der Waals surface area contributed by atoms with Crippen LogP contribution in [0.1, 0.15) is 116 Å². The van der Waals surface area contributed by atoms with Crippen LogP contribution in [0, 0.1) is 11.8 Å². The highest BCUT2D eigenvalue weighted by atomic mass is 16.7. The molecule has 0 spiro atoms. The van der Waals surface area contributed by atoms with Crippen molar-refractivity contribution in [2.75, 3.05) is 40.4 Å². The van der Waals surface area contributed by atoms with Crippen molar-refractivity contribution in [3.05, 3.63) is 95.5 Å². The van der Waals surface area contributed by atoms with Crippen LogP contribution in [-0.2, 0) is 47.4 Å². The summed E-state index contributed by atoms with van der Waals surface area (Å²) in [6.45, 7) is 17.2. The Balaban J connectivity index is 0.000000261. The standard InChI is InChI=1S/2C32H50N4O10/c2*1-17-14-21(35-27(39)18-10-8-7-9-11-18)25(45-29-23(38)26(34-6)32(5,41)16-42-29)22(37)24(17)44-28-20(13-12-19(15-33)43-28)36-30(40)46-31(2,3)4/h2*7-12,17,20-26,28-29,34,37-38,41H,13-16,33H2,1-6H3,(H,35,39)(H,36,40)/t2*17-,20+,21+,22-,23+,24+,25-,26+,28+,29+,32-/m00/s1. The number of likely N-dealkylation sites (N-methyl/N-ethyl adjacent to an activating group) is 2. The first-order chi connectivity index (χ1) is 43.3. The third-order valence-electron chi connectivity index (χ3n) is 16.9. The van der Waals surface area contributed by atoms with Crippen LogP contribution in [0.25, 0.3) is 0 Å². The Morgan fingerprint density at radius 3 is 1.17 bits per heavy atom. The first-order valence-electron chi connectivity index (χ1n) is 31.5. The lowest BCUT2D eigenvalue weighted by Crippen LogP contribution is -2.68. The van der Waals surface area contributed by atoms with E-state index in [0.717, 1.165) is 0 Å². The molecule has 516 valence electrons. The molecule has 28 nitrogen and oxygen atoms in total. The van der Waals surface area contributed by atoms with Gasteiger partial charge in [-0.25, -0.2) is 9.59 Å². The number of aliphatic hydroxyl groups is 6. The van der Waals surface area contributed by atoms with Crippen LogP contribution in [0.5, 0.6) is 0 Å². The van der Waals surface area contributed by atoms with Gasteiger partial charge < -0.3 is 121 Å². The molecule has 16 N–H and O–H groups in total. The molecule has 2 aliphatic carbocycles. The van der Waals surface area contributed by atoms with E-state index in [4.69, 9.17) is 58.8 Å². The Morgan fingerprint density at radius 2 is 0.859 bits per heavy atom. The van der Waals surface area contributed by atoms with Gasteiger partial charge in [-0.15, -0.1) is 0 Å². The zero-order valence-corrected chi connectivity index (χ0v) is 54.7. The van der Waals surface area contributed by atoms with Crippen LogP contribution in [-0.4, -0.2) is 228 Å². The molecule has 0 bridgehead atoms. The highest BCUT2D eigenvalue weighted by Gasteiger charge is 2.54. The Kier molecular flexibility index (Phi) is 25.4. The van der Waals surface area contributed by atoms with Gasteiger partial charge in [0.25, 0.3) is 11.8 Å². The van der Waals surface area contributed by atoms with Crippen molar-refractivity contribution in [1.82, 2.24) is 31.9 Å².